The van der Waals surface area contributed by atoms with Gasteiger partial charge >= 0.3 is 0 Å². The van der Waals surface area contributed by atoms with Crippen molar-refractivity contribution >= 4 is 33.3 Å². The van der Waals surface area contributed by atoms with Gasteiger partial charge in [0.2, 0.25) is 15.9 Å². The molecule has 1 amide bonds. The van der Waals surface area contributed by atoms with Gasteiger partial charge in [0.25, 0.3) is 0 Å². The average Bonchev–Trinajstić information content (AvgIpc) is 3.48. The van der Waals surface area contributed by atoms with Crippen LogP contribution in [0.25, 0.3) is 22.3 Å². The number of thiophene rings is 1. The molecule has 174 valence electrons. The number of carbonyl (C=O) groups is 1. The highest BCUT2D eigenvalue weighted by Gasteiger charge is 2.30. The van der Waals surface area contributed by atoms with Crippen molar-refractivity contribution in [2.45, 2.75) is 25.8 Å². The minimum absolute atomic E-state index is 0.0486. The zero-order valence-electron chi connectivity index (χ0n) is 18.8. The van der Waals surface area contributed by atoms with Crippen LogP contribution in [0.1, 0.15) is 25.3 Å². The molecule has 0 aliphatic carbocycles. The molecule has 1 aromatic carbocycles. The Balaban J connectivity index is 1.49. The van der Waals surface area contributed by atoms with Crippen molar-refractivity contribution in [3.05, 3.63) is 65.7 Å². The number of rotatable bonds is 7. The average molecular weight is 485 g/mol. The first-order valence-corrected chi connectivity index (χ1v) is 13.7. The Morgan fingerprint density at radius 3 is 2.52 bits per heavy atom. The second kappa shape index (κ2) is 10.0. The van der Waals surface area contributed by atoms with Gasteiger partial charge in [-0.3, -0.25) is 4.79 Å². The lowest BCUT2D eigenvalue weighted by Gasteiger charge is -2.36. The minimum Gasteiger partial charge on any atom is -0.339 e. The molecule has 1 saturated heterocycles. The van der Waals surface area contributed by atoms with E-state index in [2.05, 4.69) is 0 Å². The molecule has 1 aliphatic heterocycles. The van der Waals surface area contributed by atoms with Gasteiger partial charge in [-0.1, -0.05) is 31.2 Å². The summed E-state index contributed by atoms with van der Waals surface area (Å²) in [6.45, 7) is 3.39. The first-order valence-electron chi connectivity index (χ1n) is 11.0. The minimum atomic E-state index is -3.24. The van der Waals surface area contributed by atoms with Crippen LogP contribution in [0.15, 0.2) is 60.1 Å². The molecule has 0 bridgehead atoms. The quantitative estimate of drug-likeness (QED) is 0.477. The second-order valence-corrected chi connectivity index (χ2v) is 10.9. The number of aromatic nitrogens is 2. The summed E-state index contributed by atoms with van der Waals surface area (Å²) in [5.41, 5.74) is 2.66. The van der Waals surface area contributed by atoms with Crippen LogP contribution in [0.5, 0.6) is 0 Å². The number of amides is 1. The van der Waals surface area contributed by atoms with Crippen molar-refractivity contribution in [2.24, 2.45) is 0 Å². The molecule has 0 radical (unpaired) electrons. The third kappa shape index (κ3) is 5.43. The fraction of sp³-hybridized carbons (Fsp3) is 0.333. The van der Waals surface area contributed by atoms with E-state index in [0.717, 1.165) is 21.8 Å². The summed E-state index contributed by atoms with van der Waals surface area (Å²) >= 11 is 1.61. The van der Waals surface area contributed by atoms with Crippen LogP contribution < -0.4 is 0 Å². The predicted molar refractivity (Wildman–Crippen MR) is 133 cm³/mol. The molecule has 4 rings (SSSR count). The molecular formula is C24H28N4O3S2. The van der Waals surface area contributed by atoms with E-state index in [1.807, 2.05) is 71.7 Å². The van der Waals surface area contributed by atoms with Gasteiger partial charge in [-0.2, -0.15) is 9.40 Å². The third-order valence-electron chi connectivity index (χ3n) is 5.84. The first-order chi connectivity index (χ1) is 15.9. The highest BCUT2D eigenvalue weighted by Crippen LogP contribution is 2.29. The smallest absolute Gasteiger partial charge is 0.246 e. The number of carbonyl (C=O) groups excluding carboxylic acids is 1. The Hall–Kier alpha value is -2.75. The van der Waals surface area contributed by atoms with Gasteiger partial charge in [0.05, 0.1) is 16.8 Å². The highest BCUT2D eigenvalue weighted by molar-refractivity contribution is 7.88. The number of hydrogen-bond donors (Lipinski definition) is 0. The topological polar surface area (TPSA) is 75.5 Å². The molecular weight excluding hydrogens is 456 g/mol. The maximum Gasteiger partial charge on any atom is 0.246 e. The molecule has 7 nitrogen and oxygen atoms in total. The monoisotopic (exact) mass is 484 g/mol. The fourth-order valence-corrected chi connectivity index (χ4v) is 6.18. The normalized spacial score (nSPS) is 15.5. The van der Waals surface area contributed by atoms with E-state index in [4.69, 9.17) is 5.10 Å². The lowest BCUT2D eigenvalue weighted by atomic mass is 10.0. The van der Waals surface area contributed by atoms with Gasteiger partial charge in [-0.05, 0) is 42.5 Å². The van der Waals surface area contributed by atoms with Crippen LogP contribution >= 0.6 is 11.3 Å². The van der Waals surface area contributed by atoms with Gasteiger partial charge in [-0.15, -0.1) is 11.3 Å². The fourth-order valence-electron chi connectivity index (χ4n) is 4.23. The SMILES string of the molecule is CCN(C1CCN(C(=O)/C=C/c2cn(-c3ccccc3)nc2-c2cccs2)CC1)S(C)(=O)=O. The molecule has 33 heavy (non-hydrogen) atoms. The van der Waals surface area contributed by atoms with Gasteiger partial charge in [0.1, 0.15) is 5.69 Å². The van der Waals surface area contributed by atoms with Crippen molar-refractivity contribution in [3.63, 3.8) is 0 Å². The molecule has 3 aromatic rings. The molecule has 0 N–H and O–H groups in total. The lowest BCUT2D eigenvalue weighted by Crippen LogP contribution is -2.48. The number of likely N-dealkylation sites (tertiary alicyclic amines) is 1. The Bertz CT molecular complexity index is 1210. The van der Waals surface area contributed by atoms with E-state index in [-0.39, 0.29) is 11.9 Å². The molecule has 0 unspecified atom stereocenters. The molecule has 2 aromatic heterocycles. The number of sulfonamides is 1. The van der Waals surface area contributed by atoms with Gasteiger partial charge in [0, 0.05) is 43.5 Å². The Kier molecular flexibility index (Phi) is 7.11. The van der Waals surface area contributed by atoms with Crippen LogP contribution in [0, 0.1) is 0 Å². The van der Waals surface area contributed by atoms with Crippen molar-refractivity contribution in [3.8, 4) is 16.3 Å². The Morgan fingerprint density at radius 1 is 1.18 bits per heavy atom. The number of benzene rings is 1. The summed E-state index contributed by atoms with van der Waals surface area (Å²) in [7, 11) is -3.24. The second-order valence-electron chi connectivity index (χ2n) is 8.05. The van der Waals surface area contributed by atoms with Crippen LogP contribution in [0.2, 0.25) is 0 Å². The molecule has 0 saturated carbocycles. The summed E-state index contributed by atoms with van der Waals surface area (Å²) in [5, 5.41) is 6.77. The third-order valence-corrected chi connectivity index (χ3v) is 8.13. The lowest BCUT2D eigenvalue weighted by molar-refractivity contribution is -0.127. The van der Waals surface area contributed by atoms with E-state index < -0.39 is 10.0 Å². The number of nitrogens with zero attached hydrogens (tertiary/aromatic N) is 4. The first kappa shape index (κ1) is 23.4. The van der Waals surface area contributed by atoms with E-state index >= 15 is 0 Å². The maximum atomic E-state index is 12.9. The van der Waals surface area contributed by atoms with E-state index in [1.54, 1.807) is 22.3 Å². The van der Waals surface area contributed by atoms with Crippen LogP contribution in [0.4, 0.5) is 0 Å². The Morgan fingerprint density at radius 2 is 1.91 bits per heavy atom. The molecule has 9 heteroatoms. The molecule has 1 fully saturated rings. The van der Waals surface area contributed by atoms with Crippen molar-refractivity contribution in [1.29, 1.82) is 0 Å². The van der Waals surface area contributed by atoms with Gasteiger partial charge in [-0.25, -0.2) is 13.1 Å². The summed E-state index contributed by atoms with van der Waals surface area (Å²) < 4.78 is 27.4. The van der Waals surface area contributed by atoms with Crippen molar-refractivity contribution in [2.75, 3.05) is 25.9 Å². The van der Waals surface area contributed by atoms with Gasteiger partial charge < -0.3 is 4.90 Å². The van der Waals surface area contributed by atoms with Gasteiger partial charge in [0.15, 0.2) is 0 Å². The maximum absolute atomic E-state index is 12.9. The van der Waals surface area contributed by atoms with E-state index in [1.165, 1.54) is 10.6 Å². The van der Waals surface area contributed by atoms with E-state index in [0.29, 0.717) is 32.5 Å². The number of para-hydroxylation sites is 1. The molecule has 0 atom stereocenters. The summed E-state index contributed by atoms with van der Waals surface area (Å²) in [5.74, 6) is -0.0690. The predicted octanol–water partition coefficient (Wildman–Crippen LogP) is 3.89. The molecule has 3 heterocycles. The van der Waals surface area contributed by atoms with Crippen molar-refractivity contribution in [1.82, 2.24) is 19.0 Å². The largest absolute Gasteiger partial charge is 0.339 e. The highest BCUT2D eigenvalue weighted by atomic mass is 32.2. The zero-order chi connectivity index (χ0) is 23.4. The van der Waals surface area contributed by atoms with Crippen molar-refractivity contribution < 1.29 is 13.2 Å². The number of hydrogen-bond acceptors (Lipinski definition) is 5. The van der Waals surface area contributed by atoms with Crippen LogP contribution in [0.3, 0.4) is 0 Å². The van der Waals surface area contributed by atoms with Crippen LogP contribution in [-0.4, -0.2) is 65.2 Å². The Labute approximate surface area is 199 Å². The number of piperidine rings is 1. The van der Waals surface area contributed by atoms with Crippen LogP contribution in [-0.2, 0) is 14.8 Å². The molecule has 0 spiro atoms. The standard InChI is InChI=1S/C24H28N4O3S2/c1-3-28(33(2,30)31)21-13-15-26(16-14-21)23(29)12-11-19-18-27(20-8-5-4-6-9-20)25-24(19)22-10-7-17-32-22/h4-12,17-18,21H,3,13-16H2,1-2H3/b12-11+. The molecule has 1 aliphatic rings. The summed E-state index contributed by atoms with van der Waals surface area (Å²) in [6.07, 6.45) is 7.89. The zero-order valence-corrected chi connectivity index (χ0v) is 20.4. The summed E-state index contributed by atoms with van der Waals surface area (Å²) in [6, 6.07) is 13.8. The van der Waals surface area contributed by atoms with E-state index in [9.17, 15) is 13.2 Å². The summed E-state index contributed by atoms with van der Waals surface area (Å²) in [4.78, 5) is 15.7.